The molecule has 18 heavy (non-hydrogen) atoms. The Balaban J connectivity index is 2.69. The fourth-order valence-corrected chi connectivity index (χ4v) is 2.61. The minimum atomic E-state index is -3.11. The van der Waals surface area contributed by atoms with Gasteiger partial charge in [-0.25, -0.2) is 13.4 Å². The van der Waals surface area contributed by atoms with Crippen molar-refractivity contribution in [3.05, 3.63) is 39.9 Å². The first-order valence-electron chi connectivity index (χ1n) is 5.42. The molecule has 0 aliphatic carbocycles. The molecule has 0 radical (unpaired) electrons. The van der Waals surface area contributed by atoms with E-state index in [1.165, 1.54) is 10.8 Å². The van der Waals surface area contributed by atoms with Gasteiger partial charge in [0.15, 0.2) is 9.84 Å². The molecule has 0 amide bonds. The molecule has 0 saturated heterocycles. The molecule has 0 saturated carbocycles. The van der Waals surface area contributed by atoms with Crippen LogP contribution in [0.5, 0.6) is 0 Å². The third kappa shape index (κ3) is 2.43. The van der Waals surface area contributed by atoms with Gasteiger partial charge in [0.2, 0.25) is 0 Å². The van der Waals surface area contributed by atoms with Crippen LogP contribution in [0, 0.1) is 6.92 Å². The summed E-state index contributed by atoms with van der Waals surface area (Å²) in [6, 6.07) is 4.98. The highest BCUT2D eigenvalue weighted by Crippen LogP contribution is 2.13. The van der Waals surface area contributed by atoms with Crippen molar-refractivity contribution in [3.63, 3.8) is 0 Å². The van der Waals surface area contributed by atoms with Crippen molar-refractivity contribution in [1.29, 1.82) is 0 Å². The van der Waals surface area contributed by atoms with Crippen molar-refractivity contribution in [2.24, 2.45) is 7.05 Å². The maximum absolute atomic E-state index is 12.0. The molecule has 1 aromatic heterocycles. The second-order valence-corrected chi connectivity index (χ2v) is 6.58. The Labute approximate surface area is 105 Å². The Kier molecular flexibility index (Phi) is 2.98. The molecule has 0 spiro atoms. The molecule has 2 aromatic rings. The Bertz CT molecular complexity index is 776. The molecule has 96 valence electrons. The molecular weight excluding hydrogens is 252 g/mol. The van der Waals surface area contributed by atoms with Crippen molar-refractivity contribution >= 4 is 20.7 Å². The number of nitrogens with zero attached hydrogens (tertiary/aromatic N) is 2. The van der Waals surface area contributed by atoms with Crippen LogP contribution < -0.4 is 5.56 Å². The number of aryl methyl sites for hydroxylation is 1. The molecule has 0 N–H and O–H groups in total. The van der Waals surface area contributed by atoms with Gasteiger partial charge < -0.3 is 0 Å². The van der Waals surface area contributed by atoms with E-state index in [1.807, 2.05) is 0 Å². The highest BCUT2D eigenvalue weighted by Gasteiger charge is 2.09. The van der Waals surface area contributed by atoms with E-state index >= 15 is 0 Å². The number of hydrogen-bond acceptors (Lipinski definition) is 4. The third-order valence-electron chi connectivity index (χ3n) is 2.79. The van der Waals surface area contributed by atoms with Crippen molar-refractivity contribution in [2.75, 3.05) is 6.26 Å². The van der Waals surface area contributed by atoms with Crippen LogP contribution in [0.1, 0.15) is 11.4 Å². The molecule has 1 aromatic carbocycles. The summed E-state index contributed by atoms with van der Waals surface area (Å²) in [6.45, 7) is 1.76. The van der Waals surface area contributed by atoms with E-state index in [4.69, 9.17) is 0 Å². The summed E-state index contributed by atoms with van der Waals surface area (Å²) in [5.74, 6) is 0.559. The van der Waals surface area contributed by atoms with Crippen LogP contribution in [0.2, 0.25) is 0 Å². The summed E-state index contributed by atoms with van der Waals surface area (Å²) in [7, 11) is -1.46. The highest BCUT2D eigenvalue weighted by atomic mass is 32.2. The number of rotatable bonds is 2. The van der Waals surface area contributed by atoms with Crippen molar-refractivity contribution in [3.8, 4) is 0 Å². The zero-order valence-electron chi connectivity index (χ0n) is 10.5. The molecule has 0 bridgehead atoms. The first kappa shape index (κ1) is 12.8. The van der Waals surface area contributed by atoms with E-state index in [0.29, 0.717) is 22.3 Å². The number of hydrogen-bond donors (Lipinski definition) is 0. The van der Waals surface area contributed by atoms with Crippen molar-refractivity contribution < 1.29 is 8.42 Å². The van der Waals surface area contributed by atoms with Gasteiger partial charge in [-0.3, -0.25) is 9.36 Å². The summed E-state index contributed by atoms with van der Waals surface area (Å²) >= 11 is 0. The predicted octanol–water partition coefficient (Wildman–Crippen LogP) is 0.787. The first-order chi connectivity index (χ1) is 8.28. The van der Waals surface area contributed by atoms with Gasteiger partial charge in [-0.05, 0) is 24.6 Å². The van der Waals surface area contributed by atoms with Crippen LogP contribution in [-0.2, 0) is 22.6 Å². The molecule has 0 atom stereocenters. The maximum atomic E-state index is 12.0. The fourth-order valence-electron chi connectivity index (χ4n) is 1.82. The summed E-state index contributed by atoms with van der Waals surface area (Å²) in [5, 5.41) is 0.448. The number of fused-ring (bicyclic) bond motifs is 1. The van der Waals surface area contributed by atoms with Gasteiger partial charge >= 0.3 is 0 Å². The Morgan fingerprint density at radius 3 is 2.61 bits per heavy atom. The molecule has 2 rings (SSSR count). The molecule has 5 nitrogen and oxygen atoms in total. The Morgan fingerprint density at radius 1 is 1.33 bits per heavy atom. The largest absolute Gasteiger partial charge is 0.299 e. The smallest absolute Gasteiger partial charge is 0.261 e. The standard InChI is InChI=1S/C12H14N2O3S/c1-8-13-11-5-4-9(7-18(3,16)17)6-10(11)12(15)14(8)2/h4-6H,7H2,1-3H3. The minimum Gasteiger partial charge on any atom is -0.299 e. The van der Waals surface area contributed by atoms with E-state index in [-0.39, 0.29) is 11.3 Å². The summed E-state index contributed by atoms with van der Waals surface area (Å²) in [5.41, 5.74) is 1.04. The van der Waals surface area contributed by atoms with Crippen LogP contribution in [0.15, 0.2) is 23.0 Å². The van der Waals surface area contributed by atoms with E-state index in [1.54, 1.807) is 32.2 Å². The van der Waals surface area contributed by atoms with Crippen LogP contribution in [0.3, 0.4) is 0 Å². The van der Waals surface area contributed by atoms with E-state index in [2.05, 4.69) is 4.98 Å². The van der Waals surface area contributed by atoms with Crippen molar-refractivity contribution in [2.45, 2.75) is 12.7 Å². The van der Waals surface area contributed by atoms with Gasteiger partial charge in [0.1, 0.15) is 5.82 Å². The topological polar surface area (TPSA) is 69.0 Å². The van der Waals surface area contributed by atoms with Crippen LogP contribution >= 0.6 is 0 Å². The average molecular weight is 266 g/mol. The lowest BCUT2D eigenvalue weighted by Gasteiger charge is -2.06. The highest BCUT2D eigenvalue weighted by molar-refractivity contribution is 7.89. The predicted molar refractivity (Wildman–Crippen MR) is 70.3 cm³/mol. The van der Waals surface area contributed by atoms with Crippen LogP contribution in [0.4, 0.5) is 0 Å². The van der Waals surface area contributed by atoms with Crippen LogP contribution in [-0.4, -0.2) is 24.2 Å². The second kappa shape index (κ2) is 4.20. The number of aromatic nitrogens is 2. The molecule has 6 heteroatoms. The molecular formula is C12H14N2O3S. The van der Waals surface area contributed by atoms with Gasteiger partial charge in [-0.1, -0.05) is 6.07 Å². The average Bonchev–Trinajstić information content (AvgIpc) is 2.25. The first-order valence-corrected chi connectivity index (χ1v) is 7.48. The summed E-state index contributed by atoms with van der Waals surface area (Å²) in [6.07, 6.45) is 1.17. The lowest BCUT2D eigenvalue weighted by atomic mass is 10.1. The zero-order valence-corrected chi connectivity index (χ0v) is 11.3. The fraction of sp³-hybridized carbons (Fsp3) is 0.333. The molecule has 0 aliphatic heterocycles. The van der Waals surface area contributed by atoms with Gasteiger partial charge in [0.25, 0.3) is 5.56 Å². The van der Waals surface area contributed by atoms with Gasteiger partial charge in [-0.2, -0.15) is 0 Å². The maximum Gasteiger partial charge on any atom is 0.261 e. The Hall–Kier alpha value is -1.69. The third-order valence-corrected chi connectivity index (χ3v) is 3.65. The van der Waals surface area contributed by atoms with Gasteiger partial charge in [-0.15, -0.1) is 0 Å². The van der Waals surface area contributed by atoms with E-state index < -0.39 is 9.84 Å². The zero-order chi connectivity index (χ0) is 13.5. The van der Waals surface area contributed by atoms with Gasteiger partial charge in [0, 0.05) is 13.3 Å². The monoisotopic (exact) mass is 266 g/mol. The molecule has 1 heterocycles. The minimum absolute atomic E-state index is 0.0695. The molecule has 0 unspecified atom stereocenters. The number of sulfone groups is 1. The lowest BCUT2D eigenvalue weighted by Crippen LogP contribution is -2.20. The quantitative estimate of drug-likeness (QED) is 0.805. The SMILES string of the molecule is Cc1nc2ccc(CS(C)(=O)=O)cc2c(=O)n1C. The lowest BCUT2D eigenvalue weighted by molar-refractivity contribution is 0.601. The van der Waals surface area contributed by atoms with Crippen LogP contribution in [0.25, 0.3) is 10.9 Å². The summed E-state index contributed by atoms with van der Waals surface area (Å²) < 4.78 is 23.9. The second-order valence-electron chi connectivity index (χ2n) is 4.44. The Morgan fingerprint density at radius 2 is 2.00 bits per heavy atom. The van der Waals surface area contributed by atoms with Gasteiger partial charge in [0.05, 0.1) is 16.7 Å². The van der Waals surface area contributed by atoms with E-state index in [9.17, 15) is 13.2 Å². The summed E-state index contributed by atoms with van der Waals surface area (Å²) in [4.78, 5) is 16.3. The van der Waals surface area contributed by atoms with Crippen molar-refractivity contribution in [1.82, 2.24) is 9.55 Å². The number of benzene rings is 1. The van der Waals surface area contributed by atoms with E-state index in [0.717, 1.165) is 0 Å². The molecule has 0 aliphatic rings. The molecule has 0 fully saturated rings. The normalized spacial score (nSPS) is 11.9.